The van der Waals surface area contributed by atoms with Crippen LogP contribution in [0.15, 0.2) is 53.7 Å². The predicted molar refractivity (Wildman–Crippen MR) is 161 cm³/mol. The molecule has 0 saturated carbocycles. The van der Waals surface area contributed by atoms with Gasteiger partial charge in [0.25, 0.3) is 5.91 Å². The number of rotatable bonds is 11. The summed E-state index contributed by atoms with van der Waals surface area (Å²) in [7, 11) is 2.69. The highest BCUT2D eigenvalue weighted by atomic mass is 16.6. The van der Waals surface area contributed by atoms with E-state index < -0.39 is 53.8 Å². The Hall–Kier alpha value is -5.14. The number of methoxy groups -OCH3 is 2. The maximum atomic E-state index is 14.1. The molecular weight excluding hydrogens is 586 g/mol. The summed E-state index contributed by atoms with van der Waals surface area (Å²) < 4.78 is 15.4. The molecule has 0 spiro atoms. The lowest BCUT2D eigenvalue weighted by Crippen LogP contribution is -2.63. The molecule has 1 fully saturated rings. The quantitative estimate of drug-likeness (QED) is 0.107. The van der Waals surface area contributed by atoms with E-state index in [0.717, 1.165) is 7.11 Å². The average Bonchev–Trinajstić information content (AvgIpc) is 3.01. The van der Waals surface area contributed by atoms with Crippen molar-refractivity contribution in [2.75, 3.05) is 33.9 Å². The average molecular weight is 626 g/mol. The minimum Gasteiger partial charge on any atom is -0.497 e. The second-order valence-corrected chi connectivity index (χ2v) is 11.3. The van der Waals surface area contributed by atoms with Gasteiger partial charge in [-0.1, -0.05) is 29.4 Å². The number of benzene rings is 2. The Morgan fingerprint density at radius 1 is 1.00 bits per heavy atom. The van der Waals surface area contributed by atoms with Gasteiger partial charge in [-0.3, -0.25) is 24.0 Å². The van der Waals surface area contributed by atoms with E-state index in [1.54, 1.807) is 45.0 Å². The fraction of sp³-hybridized carbons (Fsp3) is 0.419. The zero-order valence-corrected chi connectivity index (χ0v) is 25.9. The lowest BCUT2D eigenvalue weighted by Gasteiger charge is -2.41. The maximum absolute atomic E-state index is 14.1. The number of nitrogens with zero attached hydrogens (tertiary/aromatic N) is 3. The van der Waals surface area contributed by atoms with Crippen LogP contribution in [-0.4, -0.2) is 102 Å². The van der Waals surface area contributed by atoms with Gasteiger partial charge >= 0.3 is 11.9 Å². The van der Waals surface area contributed by atoms with Gasteiger partial charge in [0.05, 0.1) is 20.6 Å². The molecule has 3 amide bonds. The Kier molecular flexibility index (Phi) is 11.5. The Morgan fingerprint density at radius 3 is 2.18 bits per heavy atom. The third-order valence-electron chi connectivity index (χ3n) is 6.95. The van der Waals surface area contributed by atoms with E-state index in [2.05, 4.69) is 10.5 Å². The van der Waals surface area contributed by atoms with Crippen LogP contribution in [0, 0.1) is 0 Å². The number of hydrogen-bond acceptors (Lipinski definition) is 10. The Balaban J connectivity index is 1.90. The summed E-state index contributed by atoms with van der Waals surface area (Å²) in [5.41, 5.74) is 6.11. The van der Waals surface area contributed by atoms with Crippen LogP contribution in [-0.2, 0) is 35.1 Å². The van der Waals surface area contributed by atoms with Crippen LogP contribution in [0.5, 0.6) is 5.75 Å². The Labute approximate surface area is 261 Å². The number of oxime groups is 1. The second-order valence-electron chi connectivity index (χ2n) is 11.3. The van der Waals surface area contributed by atoms with E-state index in [1.807, 2.05) is 0 Å². The van der Waals surface area contributed by atoms with Crippen molar-refractivity contribution in [3.05, 3.63) is 65.2 Å². The molecule has 1 heterocycles. The van der Waals surface area contributed by atoms with E-state index in [-0.39, 0.29) is 37.5 Å². The van der Waals surface area contributed by atoms with E-state index in [4.69, 9.17) is 25.2 Å². The van der Waals surface area contributed by atoms with E-state index in [0.29, 0.717) is 16.9 Å². The minimum atomic E-state index is -1.28. The lowest BCUT2D eigenvalue weighted by atomic mass is 10.0. The lowest BCUT2D eigenvalue weighted by molar-refractivity contribution is -0.164. The number of piperazine rings is 1. The molecular formula is C31H39N5O9. The molecule has 1 aliphatic heterocycles. The number of carbonyl (C=O) groups is 5. The molecule has 0 unspecified atom stereocenters. The fourth-order valence-corrected chi connectivity index (χ4v) is 4.72. The molecule has 45 heavy (non-hydrogen) atoms. The first-order chi connectivity index (χ1) is 21.3. The van der Waals surface area contributed by atoms with E-state index in [9.17, 15) is 24.0 Å². The molecule has 14 heteroatoms. The molecule has 1 aliphatic rings. The number of esters is 2. The number of carbonyl (C=O) groups excluding carboxylic acids is 5. The second kappa shape index (κ2) is 15.0. The molecule has 4 N–H and O–H groups in total. The van der Waals surface area contributed by atoms with Gasteiger partial charge in [-0.2, -0.15) is 0 Å². The number of hydrogen-bond donors (Lipinski definition) is 3. The van der Waals surface area contributed by atoms with Gasteiger partial charge in [-0.15, -0.1) is 0 Å². The zero-order chi connectivity index (χ0) is 33.3. The van der Waals surface area contributed by atoms with Crippen molar-refractivity contribution in [2.45, 2.75) is 51.3 Å². The van der Waals surface area contributed by atoms with Crippen molar-refractivity contribution >= 4 is 35.5 Å². The van der Waals surface area contributed by atoms with Crippen LogP contribution >= 0.6 is 0 Å². The molecule has 2 aromatic carbocycles. The number of amidine groups is 1. The topological polar surface area (TPSA) is 190 Å². The molecule has 242 valence electrons. The highest BCUT2D eigenvalue weighted by Gasteiger charge is 2.42. The first-order valence-corrected chi connectivity index (χ1v) is 14.2. The summed E-state index contributed by atoms with van der Waals surface area (Å²) in [5.74, 6) is -2.72. The van der Waals surface area contributed by atoms with Crippen molar-refractivity contribution in [1.82, 2.24) is 15.1 Å². The van der Waals surface area contributed by atoms with Gasteiger partial charge in [0, 0.05) is 30.6 Å². The van der Waals surface area contributed by atoms with Gasteiger partial charge in [-0.25, -0.2) is 0 Å². The van der Waals surface area contributed by atoms with Crippen LogP contribution < -0.4 is 15.8 Å². The summed E-state index contributed by atoms with van der Waals surface area (Å²) in [6.07, 6.45) is -0.404. The van der Waals surface area contributed by atoms with Gasteiger partial charge in [-0.05, 0) is 50.6 Å². The van der Waals surface area contributed by atoms with Crippen LogP contribution in [0.3, 0.4) is 0 Å². The van der Waals surface area contributed by atoms with Crippen molar-refractivity contribution in [2.24, 2.45) is 10.9 Å². The molecule has 14 nitrogen and oxygen atoms in total. The van der Waals surface area contributed by atoms with Gasteiger partial charge in [0.15, 0.2) is 5.84 Å². The van der Waals surface area contributed by atoms with Gasteiger partial charge in [0.1, 0.15) is 30.0 Å². The fourth-order valence-electron chi connectivity index (χ4n) is 4.72. The third-order valence-corrected chi connectivity index (χ3v) is 6.95. The first-order valence-electron chi connectivity index (χ1n) is 14.2. The Morgan fingerprint density at radius 2 is 1.62 bits per heavy atom. The van der Waals surface area contributed by atoms with Crippen LogP contribution in [0.4, 0.5) is 0 Å². The molecule has 2 atom stereocenters. The summed E-state index contributed by atoms with van der Waals surface area (Å²) in [4.78, 5) is 68.4. The molecule has 3 rings (SSSR count). The monoisotopic (exact) mass is 625 g/mol. The smallest absolute Gasteiger partial charge is 0.326 e. The van der Waals surface area contributed by atoms with Crippen molar-refractivity contribution in [3.8, 4) is 5.75 Å². The largest absolute Gasteiger partial charge is 0.497 e. The number of ether oxygens (including phenoxy) is 3. The molecule has 0 bridgehead atoms. The van der Waals surface area contributed by atoms with Gasteiger partial charge < -0.3 is 40.3 Å². The predicted octanol–water partition coefficient (Wildman–Crippen LogP) is 1.08. The summed E-state index contributed by atoms with van der Waals surface area (Å²) >= 11 is 0. The standard InChI is InChI=1S/C31H39N5O9/c1-31(2,3)45-26(38)18-35-14-15-36(24(30(35)41)17-25(37)44-5)29(40)23(16-19-6-12-22(43-4)13-7-19)33-28(39)21-10-8-20(9-11-21)27(32)34-42/h6-13,23-24,42H,14-18H2,1-5H3,(H2,32,34)(H,33,39)/t23-,24-/m0/s1. The first kappa shape index (κ1) is 34.4. The van der Waals surface area contributed by atoms with E-state index >= 15 is 0 Å². The van der Waals surface area contributed by atoms with Gasteiger partial charge in [0.2, 0.25) is 11.8 Å². The summed E-state index contributed by atoms with van der Waals surface area (Å²) in [5, 5.41) is 14.6. The van der Waals surface area contributed by atoms with Crippen LogP contribution in [0.2, 0.25) is 0 Å². The number of amides is 3. The summed E-state index contributed by atoms with van der Waals surface area (Å²) in [6, 6.07) is 10.4. The molecule has 0 aromatic heterocycles. The number of nitrogens with two attached hydrogens (primary N) is 1. The highest BCUT2D eigenvalue weighted by molar-refractivity contribution is 6.01. The third kappa shape index (κ3) is 9.42. The van der Waals surface area contributed by atoms with E-state index in [1.165, 1.54) is 41.2 Å². The molecule has 1 saturated heterocycles. The van der Waals surface area contributed by atoms with Crippen molar-refractivity contribution < 1.29 is 43.4 Å². The highest BCUT2D eigenvalue weighted by Crippen LogP contribution is 2.20. The molecule has 2 aromatic rings. The summed E-state index contributed by atoms with van der Waals surface area (Å²) in [6.45, 7) is 4.73. The maximum Gasteiger partial charge on any atom is 0.326 e. The minimum absolute atomic E-state index is 0.0000142. The normalized spacial score (nSPS) is 16.1. The Bertz CT molecular complexity index is 1420. The van der Waals surface area contributed by atoms with Crippen LogP contribution in [0.25, 0.3) is 0 Å². The van der Waals surface area contributed by atoms with Crippen molar-refractivity contribution in [3.63, 3.8) is 0 Å². The zero-order valence-electron chi connectivity index (χ0n) is 25.9. The molecule has 0 aliphatic carbocycles. The van der Waals surface area contributed by atoms with Crippen molar-refractivity contribution in [1.29, 1.82) is 0 Å². The number of nitrogens with one attached hydrogen (secondary N) is 1. The van der Waals surface area contributed by atoms with Crippen LogP contribution in [0.1, 0.15) is 48.7 Å². The SMILES string of the molecule is COC(=O)C[C@H]1C(=O)N(CC(=O)OC(C)(C)C)CCN1C(=O)[C@H](Cc1ccc(OC)cc1)NC(=O)c1ccc(C(N)=NO)cc1. The molecule has 0 radical (unpaired) electrons.